The molecule has 1 unspecified atom stereocenters. The van der Waals surface area contributed by atoms with Crippen LogP contribution in [0.3, 0.4) is 0 Å². The van der Waals surface area contributed by atoms with Crippen LogP contribution >= 0.6 is 51.1 Å². The van der Waals surface area contributed by atoms with E-state index in [0.717, 1.165) is 20.8 Å². The Morgan fingerprint density at radius 2 is 1.95 bits per heavy atom. The van der Waals surface area contributed by atoms with Crippen LogP contribution in [0, 0.1) is 0 Å². The second kappa shape index (κ2) is 6.05. The summed E-state index contributed by atoms with van der Waals surface area (Å²) in [7, 11) is 0. The Hall–Kier alpha value is -0.210. The monoisotopic (exact) mass is 387 g/mol. The summed E-state index contributed by atoms with van der Waals surface area (Å²) in [6, 6.07) is 6.22. The second-order valence-electron chi connectivity index (χ2n) is 3.69. The van der Waals surface area contributed by atoms with Crippen LogP contribution in [-0.4, -0.2) is 26.0 Å². The lowest BCUT2D eigenvalue weighted by molar-refractivity contribution is -0.0427. The average molecular weight is 389 g/mol. The Bertz CT molecular complexity index is 478. The fourth-order valence-corrected chi connectivity index (χ4v) is 3.06. The van der Waals surface area contributed by atoms with Crippen LogP contribution in [0.2, 0.25) is 0 Å². The van der Waals surface area contributed by atoms with Gasteiger partial charge >= 0.3 is 6.03 Å². The summed E-state index contributed by atoms with van der Waals surface area (Å²) in [6.07, 6.45) is -0.538. The molecular weight excluding hydrogens is 380 g/mol. The normalized spacial score (nSPS) is 20.7. The highest BCUT2D eigenvalue weighted by Gasteiger charge is 2.44. The van der Waals surface area contributed by atoms with E-state index in [4.69, 9.17) is 23.2 Å². The molecule has 0 radical (unpaired) electrons. The lowest BCUT2D eigenvalue weighted by atomic mass is 10.3. The molecule has 4 nitrogen and oxygen atoms in total. The van der Waals surface area contributed by atoms with Gasteiger partial charge in [0.25, 0.3) is 0 Å². The molecule has 0 spiro atoms. The highest BCUT2D eigenvalue weighted by Crippen LogP contribution is 2.36. The lowest BCUT2D eigenvalue weighted by Gasteiger charge is -2.23. The highest BCUT2D eigenvalue weighted by molar-refractivity contribution is 9.10. The topological polar surface area (TPSA) is 26.8 Å². The number of carbonyl (C=O) groups is 1. The SMILES string of the molecule is CC1N(c2ccc(Br)cc2)C(=O)N(F)N1SC(Cl)Cl. The van der Waals surface area contributed by atoms with E-state index in [1.165, 1.54) is 4.90 Å². The van der Waals surface area contributed by atoms with Crippen molar-refractivity contribution in [1.29, 1.82) is 0 Å². The number of hydrogen-bond acceptors (Lipinski definition) is 3. The van der Waals surface area contributed by atoms with Crippen LogP contribution in [0.15, 0.2) is 28.7 Å². The molecule has 0 N–H and O–H groups in total. The molecule has 1 aliphatic heterocycles. The molecule has 1 fully saturated rings. The molecule has 0 aliphatic carbocycles. The maximum Gasteiger partial charge on any atom is 0.370 e. The van der Waals surface area contributed by atoms with Gasteiger partial charge in [-0.25, -0.2) is 4.79 Å². The Morgan fingerprint density at radius 3 is 2.47 bits per heavy atom. The van der Waals surface area contributed by atoms with Crippen LogP contribution in [0.25, 0.3) is 0 Å². The largest absolute Gasteiger partial charge is 0.370 e. The molecular formula is C10H9BrCl2FN3OS. The molecule has 9 heteroatoms. The van der Waals surface area contributed by atoms with Gasteiger partial charge in [0.2, 0.25) is 0 Å². The first-order valence-electron chi connectivity index (χ1n) is 5.20. The summed E-state index contributed by atoms with van der Waals surface area (Å²) in [4.78, 5) is 13.2. The maximum atomic E-state index is 13.8. The van der Waals surface area contributed by atoms with E-state index in [9.17, 15) is 9.28 Å². The molecule has 0 aromatic heterocycles. The number of hydrazine groups is 1. The van der Waals surface area contributed by atoms with Crippen LogP contribution < -0.4 is 4.90 Å². The third kappa shape index (κ3) is 3.11. The zero-order valence-electron chi connectivity index (χ0n) is 9.63. The van der Waals surface area contributed by atoms with E-state index < -0.39 is 16.4 Å². The quantitative estimate of drug-likeness (QED) is 0.431. The third-order valence-electron chi connectivity index (χ3n) is 2.52. The van der Waals surface area contributed by atoms with Gasteiger partial charge in [-0.15, -0.1) is 4.41 Å². The maximum absolute atomic E-state index is 13.8. The molecule has 104 valence electrons. The minimum absolute atomic E-state index is 0.00907. The molecule has 19 heavy (non-hydrogen) atoms. The molecule has 0 bridgehead atoms. The smallest absolute Gasteiger partial charge is 0.272 e. The van der Waals surface area contributed by atoms with Crippen molar-refractivity contribution in [3.8, 4) is 0 Å². The number of carbonyl (C=O) groups excluding carboxylic acids is 1. The van der Waals surface area contributed by atoms with Gasteiger partial charge in [0.1, 0.15) is 6.17 Å². The molecule has 1 heterocycles. The van der Waals surface area contributed by atoms with Crippen molar-refractivity contribution < 1.29 is 9.28 Å². The number of nitrogens with zero attached hydrogens (tertiary/aromatic N) is 3. The first-order valence-corrected chi connectivity index (χ1v) is 7.71. The number of anilines is 1. The fraction of sp³-hybridized carbons (Fsp3) is 0.300. The molecule has 1 atom stereocenters. The van der Waals surface area contributed by atoms with Crippen molar-refractivity contribution in [3.05, 3.63) is 28.7 Å². The van der Waals surface area contributed by atoms with Gasteiger partial charge in [-0.2, -0.15) is 0 Å². The number of urea groups is 1. The van der Waals surface area contributed by atoms with Crippen molar-refractivity contribution in [3.63, 3.8) is 0 Å². The van der Waals surface area contributed by atoms with E-state index >= 15 is 0 Å². The molecule has 2 amide bonds. The Kier molecular flexibility index (Phi) is 4.84. The predicted molar refractivity (Wildman–Crippen MR) is 79.4 cm³/mol. The van der Waals surface area contributed by atoms with Crippen molar-refractivity contribution in [2.24, 2.45) is 0 Å². The van der Waals surface area contributed by atoms with Gasteiger partial charge in [-0.1, -0.05) is 48.8 Å². The molecule has 1 aromatic carbocycles. The van der Waals surface area contributed by atoms with E-state index in [2.05, 4.69) is 15.9 Å². The number of halogens is 4. The Balaban J connectivity index is 2.26. The van der Waals surface area contributed by atoms with Crippen LogP contribution in [-0.2, 0) is 0 Å². The van der Waals surface area contributed by atoms with Crippen LogP contribution in [0.1, 0.15) is 6.92 Å². The minimum Gasteiger partial charge on any atom is -0.272 e. The lowest BCUT2D eigenvalue weighted by Crippen LogP contribution is -2.34. The average Bonchev–Trinajstić information content (AvgIpc) is 2.55. The second-order valence-corrected chi connectivity index (χ2v) is 7.28. The van der Waals surface area contributed by atoms with Crippen LogP contribution in [0.4, 0.5) is 15.0 Å². The fourth-order valence-electron chi connectivity index (χ4n) is 1.72. The number of hydrogen-bond donors (Lipinski definition) is 0. The van der Waals surface area contributed by atoms with Gasteiger partial charge in [-0.3, -0.25) is 4.90 Å². The first kappa shape index (κ1) is 15.2. The highest BCUT2D eigenvalue weighted by atomic mass is 79.9. The van der Waals surface area contributed by atoms with Gasteiger partial charge in [0.05, 0.1) is 0 Å². The predicted octanol–water partition coefficient (Wildman–Crippen LogP) is 4.55. The summed E-state index contributed by atoms with van der Waals surface area (Å²) in [5.41, 5.74) is 0.590. The van der Waals surface area contributed by atoms with Gasteiger partial charge < -0.3 is 0 Å². The summed E-state index contributed by atoms with van der Waals surface area (Å²) in [6.45, 7) is 1.68. The van der Waals surface area contributed by atoms with Crippen molar-refractivity contribution in [2.75, 3.05) is 4.90 Å². The number of amides is 2. The molecule has 1 aliphatic rings. The van der Waals surface area contributed by atoms with Crippen molar-refractivity contribution >= 4 is 62.8 Å². The molecule has 2 rings (SSSR count). The van der Waals surface area contributed by atoms with Gasteiger partial charge in [-0.05, 0) is 43.1 Å². The third-order valence-corrected chi connectivity index (χ3v) is 4.35. The van der Waals surface area contributed by atoms with Crippen molar-refractivity contribution in [1.82, 2.24) is 9.65 Å². The van der Waals surface area contributed by atoms with E-state index in [-0.39, 0.29) is 5.23 Å². The summed E-state index contributed by atoms with van der Waals surface area (Å²) in [5, 5.41) is 0.00907. The molecule has 1 aromatic rings. The van der Waals surface area contributed by atoms with Crippen molar-refractivity contribution in [2.45, 2.75) is 17.3 Å². The van der Waals surface area contributed by atoms with E-state index in [1.807, 2.05) is 0 Å². The summed E-state index contributed by atoms with van der Waals surface area (Å²) < 4.78 is 14.9. The van der Waals surface area contributed by atoms with E-state index in [1.54, 1.807) is 31.2 Å². The zero-order chi connectivity index (χ0) is 14.2. The van der Waals surface area contributed by atoms with E-state index in [0.29, 0.717) is 5.69 Å². The number of rotatable bonds is 3. The number of alkyl halides is 2. The first-order chi connectivity index (χ1) is 8.91. The van der Waals surface area contributed by atoms with Crippen LogP contribution in [0.5, 0.6) is 0 Å². The van der Waals surface area contributed by atoms with Gasteiger partial charge in [0, 0.05) is 10.2 Å². The van der Waals surface area contributed by atoms with Gasteiger partial charge in [0.15, 0.2) is 4.17 Å². The summed E-state index contributed by atoms with van der Waals surface area (Å²) in [5.74, 6) is 0. The molecule has 0 saturated carbocycles. The summed E-state index contributed by atoms with van der Waals surface area (Å²) >= 11 is 15.3. The zero-order valence-corrected chi connectivity index (χ0v) is 13.5. The Morgan fingerprint density at radius 1 is 1.37 bits per heavy atom. The number of benzene rings is 1. The standard InChI is InChI=1S/C10H9BrCl2FN3OS/c1-6-15(8-4-2-7(11)3-5-8)10(18)16(14)17(6)19-9(12)13/h2-6,9H,1H3. The molecule has 1 saturated heterocycles. The Labute approximate surface area is 132 Å². The minimum atomic E-state index is -0.863.